The molecule has 116 valence electrons. The summed E-state index contributed by atoms with van der Waals surface area (Å²) in [5.41, 5.74) is 2.05. The summed E-state index contributed by atoms with van der Waals surface area (Å²) < 4.78 is 15.9. The minimum Gasteiger partial charge on any atom is -0.463 e. The summed E-state index contributed by atoms with van der Waals surface area (Å²) in [6, 6.07) is 5.16. The molecule has 0 radical (unpaired) electrons. The smallest absolute Gasteiger partial charge is 0.338 e. The van der Waals surface area contributed by atoms with Gasteiger partial charge in [-0.1, -0.05) is 6.07 Å². The molecule has 0 fully saturated rings. The molecule has 6 nitrogen and oxygen atoms in total. The van der Waals surface area contributed by atoms with Gasteiger partial charge in [-0.25, -0.2) is 4.79 Å². The lowest BCUT2D eigenvalue weighted by molar-refractivity contribution is -0.139. The number of carbonyl (C=O) groups is 1. The number of fused-ring (bicyclic) bond motifs is 1. The molecule has 3 rings (SSSR count). The maximum Gasteiger partial charge on any atom is 0.338 e. The lowest BCUT2D eigenvalue weighted by Gasteiger charge is -2.29. The van der Waals surface area contributed by atoms with Crippen molar-refractivity contribution in [1.82, 2.24) is 10.6 Å². The third kappa shape index (κ3) is 2.59. The Morgan fingerprint density at radius 1 is 1.41 bits per heavy atom. The second kappa shape index (κ2) is 5.84. The van der Waals surface area contributed by atoms with Gasteiger partial charge in [-0.3, -0.25) is 0 Å². The van der Waals surface area contributed by atoms with Gasteiger partial charge in [-0.2, -0.15) is 0 Å². The van der Waals surface area contributed by atoms with Crippen molar-refractivity contribution in [2.75, 3.05) is 13.4 Å². The van der Waals surface area contributed by atoms with Crippen LogP contribution in [0.4, 0.5) is 0 Å². The first kappa shape index (κ1) is 14.6. The number of esters is 1. The first-order valence-electron chi connectivity index (χ1n) is 6.95. The highest BCUT2D eigenvalue weighted by molar-refractivity contribution is 7.80. The number of carbonyl (C=O) groups excluding carboxylic acids is 1. The number of ether oxygens (including phenoxy) is 3. The normalized spacial score (nSPS) is 19.5. The third-order valence-electron chi connectivity index (χ3n) is 3.49. The van der Waals surface area contributed by atoms with E-state index in [0.29, 0.717) is 34.5 Å². The number of hydrogen-bond acceptors (Lipinski definition) is 5. The van der Waals surface area contributed by atoms with Crippen LogP contribution in [0, 0.1) is 0 Å². The Kier molecular flexibility index (Phi) is 3.89. The molecule has 1 aromatic carbocycles. The summed E-state index contributed by atoms with van der Waals surface area (Å²) >= 11 is 5.20. The van der Waals surface area contributed by atoms with Crippen molar-refractivity contribution in [2.45, 2.75) is 19.9 Å². The van der Waals surface area contributed by atoms with Crippen molar-refractivity contribution >= 4 is 23.3 Å². The number of rotatable bonds is 3. The van der Waals surface area contributed by atoms with Crippen LogP contribution in [0.1, 0.15) is 25.5 Å². The minimum atomic E-state index is -0.387. The number of thiocarbonyl (C=S) groups is 1. The van der Waals surface area contributed by atoms with Crippen molar-refractivity contribution in [3.63, 3.8) is 0 Å². The van der Waals surface area contributed by atoms with Gasteiger partial charge in [0.2, 0.25) is 6.79 Å². The number of nitrogens with one attached hydrogen (secondary N) is 2. The van der Waals surface area contributed by atoms with Crippen LogP contribution in [0.2, 0.25) is 0 Å². The fourth-order valence-corrected chi connectivity index (χ4v) is 2.79. The van der Waals surface area contributed by atoms with Crippen LogP contribution >= 0.6 is 12.2 Å². The fraction of sp³-hybridized carbons (Fsp3) is 0.333. The first-order valence-corrected chi connectivity index (χ1v) is 7.36. The SMILES string of the molecule is CCOC(=O)C1=C(C)NC(=S)N[C@@H]1c1ccc2c(c1)OCO2. The van der Waals surface area contributed by atoms with Gasteiger partial charge in [0.05, 0.1) is 18.2 Å². The lowest BCUT2D eigenvalue weighted by atomic mass is 9.95. The Labute approximate surface area is 133 Å². The van der Waals surface area contributed by atoms with Crippen LogP contribution in [0.15, 0.2) is 29.5 Å². The summed E-state index contributed by atoms with van der Waals surface area (Å²) in [5.74, 6) is 0.980. The first-order chi connectivity index (χ1) is 10.6. The number of benzene rings is 1. The van der Waals surface area contributed by atoms with E-state index in [9.17, 15) is 4.79 Å². The molecule has 1 atom stereocenters. The number of hydrogen-bond donors (Lipinski definition) is 2. The molecule has 0 unspecified atom stereocenters. The zero-order chi connectivity index (χ0) is 15.7. The summed E-state index contributed by atoms with van der Waals surface area (Å²) in [6.45, 7) is 4.10. The molecule has 0 saturated heterocycles. The molecule has 0 amide bonds. The van der Waals surface area contributed by atoms with Crippen LogP contribution in [0.5, 0.6) is 11.5 Å². The molecule has 1 aromatic rings. The maximum absolute atomic E-state index is 12.3. The highest BCUT2D eigenvalue weighted by atomic mass is 32.1. The zero-order valence-electron chi connectivity index (χ0n) is 12.3. The average Bonchev–Trinajstić information content (AvgIpc) is 2.93. The predicted molar refractivity (Wildman–Crippen MR) is 83.5 cm³/mol. The molecule has 7 heteroatoms. The summed E-state index contributed by atoms with van der Waals surface area (Å²) in [6.07, 6.45) is 0. The molecule has 2 aliphatic rings. The molecule has 22 heavy (non-hydrogen) atoms. The van der Waals surface area contributed by atoms with Crippen LogP contribution in [0.3, 0.4) is 0 Å². The highest BCUT2D eigenvalue weighted by Crippen LogP contribution is 2.36. The fourth-order valence-electron chi connectivity index (χ4n) is 2.52. The Morgan fingerprint density at radius 3 is 2.95 bits per heavy atom. The number of allylic oxidation sites excluding steroid dienone is 1. The molecule has 2 heterocycles. The van der Waals surface area contributed by atoms with Crippen molar-refractivity contribution < 1.29 is 19.0 Å². The summed E-state index contributed by atoms with van der Waals surface area (Å²) in [4.78, 5) is 12.3. The topological polar surface area (TPSA) is 68.8 Å². The van der Waals surface area contributed by atoms with E-state index in [1.807, 2.05) is 18.2 Å². The summed E-state index contributed by atoms with van der Waals surface area (Å²) in [7, 11) is 0. The quantitative estimate of drug-likeness (QED) is 0.650. The van der Waals surface area contributed by atoms with Crippen molar-refractivity contribution in [1.29, 1.82) is 0 Å². The van der Waals surface area contributed by atoms with Gasteiger partial charge in [0.25, 0.3) is 0 Å². The Morgan fingerprint density at radius 2 is 2.18 bits per heavy atom. The standard InChI is InChI=1S/C15H16N2O4S/c1-3-19-14(18)12-8(2)16-15(22)17-13(12)9-4-5-10-11(6-9)21-7-20-10/h4-6,13H,3,7H2,1-2H3,(H2,16,17,22)/t13-/m1/s1. The maximum atomic E-state index is 12.3. The molecular weight excluding hydrogens is 304 g/mol. The Bertz CT molecular complexity index is 672. The Hall–Kier alpha value is -2.28. The Balaban J connectivity index is 2.00. The molecule has 0 spiro atoms. The molecule has 0 aliphatic carbocycles. The van der Waals surface area contributed by atoms with Gasteiger partial charge in [-0.05, 0) is 43.8 Å². The van der Waals surface area contributed by atoms with Crippen LogP contribution in [0.25, 0.3) is 0 Å². The van der Waals surface area contributed by atoms with Crippen molar-refractivity contribution in [2.24, 2.45) is 0 Å². The highest BCUT2D eigenvalue weighted by Gasteiger charge is 2.31. The molecular formula is C15H16N2O4S. The predicted octanol–water partition coefficient (Wildman–Crippen LogP) is 1.77. The van der Waals surface area contributed by atoms with Crippen molar-refractivity contribution in [3.8, 4) is 11.5 Å². The molecule has 2 N–H and O–H groups in total. The molecule has 0 bridgehead atoms. The van der Waals surface area contributed by atoms with Gasteiger partial charge in [0.15, 0.2) is 16.6 Å². The minimum absolute atomic E-state index is 0.205. The van der Waals surface area contributed by atoms with Crippen molar-refractivity contribution in [3.05, 3.63) is 35.0 Å². The van der Waals surface area contributed by atoms with E-state index in [1.54, 1.807) is 13.8 Å². The van der Waals surface area contributed by atoms with Gasteiger partial charge >= 0.3 is 5.97 Å². The van der Waals surface area contributed by atoms with E-state index in [-0.39, 0.29) is 18.8 Å². The second-order valence-corrected chi connectivity index (χ2v) is 5.31. The van der Waals surface area contributed by atoms with E-state index >= 15 is 0 Å². The monoisotopic (exact) mass is 320 g/mol. The van der Waals surface area contributed by atoms with Gasteiger partial charge in [0, 0.05) is 5.70 Å². The molecule has 0 aromatic heterocycles. The van der Waals surface area contributed by atoms with E-state index in [2.05, 4.69) is 10.6 Å². The van der Waals surface area contributed by atoms with E-state index in [0.717, 1.165) is 5.56 Å². The average molecular weight is 320 g/mol. The van der Waals surface area contributed by atoms with Crippen LogP contribution in [-0.4, -0.2) is 24.5 Å². The van der Waals surface area contributed by atoms with Gasteiger partial charge in [-0.15, -0.1) is 0 Å². The van der Waals surface area contributed by atoms with E-state index < -0.39 is 0 Å². The molecule has 0 saturated carbocycles. The van der Waals surface area contributed by atoms with Gasteiger partial charge < -0.3 is 24.8 Å². The summed E-state index contributed by atoms with van der Waals surface area (Å²) in [5, 5.41) is 6.54. The van der Waals surface area contributed by atoms with Crippen LogP contribution < -0.4 is 20.1 Å². The van der Waals surface area contributed by atoms with Gasteiger partial charge in [0.1, 0.15) is 0 Å². The largest absolute Gasteiger partial charge is 0.463 e. The van der Waals surface area contributed by atoms with Crippen LogP contribution in [-0.2, 0) is 9.53 Å². The molecule has 2 aliphatic heterocycles. The third-order valence-corrected chi connectivity index (χ3v) is 3.71. The van der Waals surface area contributed by atoms with E-state index in [1.165, 1.54) is 0 Å². The van der Waals surface area contributed by atoms with E-state index in [4.69, 9.17) is 26.4 Å². The lowest BCUT2D eigenvalue weighted by Crippen LogP contribution is -2.45. The second-order valence-electron chi connectivity index (χ2n) is 4.90. The zero-order valence-corrected chi connectivity index (χ0v) is 13.1.